The van der Waals surface area contributed by atoms with Crippen molar-refractivity contribution in [2.24, 2.45) is 21.7 Å². The summed E-state index contributed by atoms with van der Waals surface area (Å²) in [5.74, 6) is -2.29. The predicted molar refractivity (Wildman–Crippen MR) is 214 cm³/mol. The van der Waals surface area contributed by atoms with Gasteiger partial charge in [-0.1, -0.05) is 99.6 Å². The van der Waals surface area contributed by atoms with Gasteiger partial charge in [0.1, 0.15) is 6.61 Å². The molecule has 0 bridgehead atoms. The first kappa shape index (κ1) is 49.3. The van der Waals surface area contributed by atoms with Crippen LogP contribution in [-0.2, 0) is 59.2 Å². The van der Waals surface area contributed by atoms with Gasteiger partial charge >= 0.3 is 11.9 Å². The molecule has 1 aromatic carbocycles. The van der Waals surface area contributed by atoms with E-state index in [9.17, 15) is 28.8 Å². The van der Waals surface area contributed by atoms with Crippen LogP contribution >= 0.6 is 0 Å². The first-order valence-electron chi connectivity index (χ1n) is 20.1. The number of hydroxylamine groups is 2. The molecule has 1 aliphatic rings. The highest BCUT2D eigenvalue weighted by Gasteiger charge is 2.35. The molecule has 14 heteroatoms. The Morgan fingerprint density at radius 3 is 1.79 bits per heavy atom. The van der Waals surface area contributed by atoms with Crippen molar-refractivity contribution >= 4 is 35.6 Å². The summed E-state index contributed by atoms with van der Waals surface area (Å²) in [4.78, 5) is 79.1. The number of ether oxygens (including phenoxy) is 4. The summed E-state index contributed by atoms with van der Waals surface area (Å²) in [7, 11) is 0. The minimum atomic E-state index is -0.682. The molecule has 0 aromatic heterocycles. The second-order valence-electron chi connectivity index (χ2n) is 18.3. The average Bonchev–Trinajstić information content (AvgIpc) is 3.43. The van der Waals surface area contributed by atoms with Crippen molar-refractivity contribution in [2.75, 3.05) is 39.5 Å². The Bertz CT molecular complexity index is 1460. The van der Waals surface area contributed by atoms with Gasteiger partial charge in [-0.3, -0.25) is 24.0 Å². The number of hydrogen-bond donors (Lipinski definition) is 2. The number of carbonyl (C=O) groups excluding carboxylic acids is 6. The Labute approximate surface area is 339 Å². The Kier molecular flexibility index (Phi) is 19.8. The lowest BCUT2D eigenvalue weighted by Crippen LogP contribution is -2.40. The Morgan fingerprint density at radius 1 is 0.667 bits per heavy atom. The number of rotatable bonds is 27. The van der Waals surface area contributed by atoms with E-state index in [1.54, 1.807) is 0 Å². The van der Waals surface area contributed by atoms with Gasteiger partial charge in [0, 0.05) is 37.8 Å². The van der Waals surface area contributed by atoms with Crippen LogP contribution in [0.2, 0.25) is 0 Å². The molecule has 14 nitrogen and oxygen atoms in total. The van der Waals surface area contributed by atoms with Crippen molar-refractivity contribution in [3.8, 4) is 0 Å². The largest absolute Gasteiger partial charge is 0.461 e. The summed E-state index contributed by atoms with van der Waals surface area (Å²) in [5.41, 5.74) is -1.01. The summed E-state index contributed by atoms with van der Waals surface area (Å²) in [5, 5.41) is 6.51. The van der Waals surface area contributed by atoms with Gasteiger partial charge in [0.2, 0.25) is 11.8 Å². The van der Waals surface area contributed by atoms with Crippen LogP contribution in [-0.4, -0.2) is 92.4 Å². The van der Waals surface area contributed by atoms with Gasteiger partial charge < -0.3 is 34.4 Å². The number of nitrogens with one attached hydrogen (secondary N) is 2. The monoisotopic (exact) mass is 803 g/mol. The molecular weight excluding hydrogens is 734 g/mol. The summed E-state index contributed by atoms with van der Waals surface area (Å²) in [6.07, 6.45) is 1.41. The average molecular weight is 804 g/mol. The van der Waals surface area contributed by atoms with Gasteiger partial charge in [0.25, 0.3) is 11.8 Å². The molecule has 0 spiro atoms. The van der Waals surface area contributed by atoms with E-state index >= 15 is 0 Å². The van der Waals surface area contributed by atoms with Crippen molar-refractivity contribution in [3.05, 3.63) is 35.9 Å². The standard InChI is InChI=1S/C43H69N3O11/c1-11-32(20-34(47)45-26-43(9,10)28-53-27-41(5,6)23-39(52)57-46-36(49)18-19-37(46)50)55-29-40(3,4)21-35(48)44-24-33(12-2)56-30-42(7,8)22-38(51)54-25-31-16-14-13-15-17-31/h13-17,32-33H,11-12,18-30H2,1-10H3,(H,44,48)(H,45,47). The van der Waals surface area contributed by atoms with Crippen LogP contribution < -0.4 is 10.6 Å². The van der Waals surface area contributed by atoms with E-state index in [0.717, 1.165) is 5.56 Å². The number of nitrogens with zero attached hydrogens (tertiary/aromatic N) is 1. The van der Waals surface area contributed by atoms with Crippen molar-refractivity contribution in [3.63, 3.8) is 0 Å². The highest BCUT2D eigenvalue weighted by atomic mass is 16.7. The van der Waals surface area contributed by atoms with Crippen LogP contribution in [0.15, 0.2) is 30.3 Å². The Balaban J connectivity index is 1.68. The minimum absolute atomic E-state index is 0.0348. The van der Waals surface area contributed by atoms with E-state index in [4.69, 9.17) is 23.8 Å². The number of imide groups is 1. The van der Waals surface area contributed by atoms with Gasteiger partial charge in [-0.2, -0.15) is 0 Å². The second-order valence-corrected chi connectivity index (χ2v) is 18.3. The molecule has 0 radical (unpaired) electrons. The molecule has 1 fully saturated rings. The molecule has 322 valence electrons. The number of hydrogen-bond acceptors (Lipinski definition) is 11. The van der Waals surface area contributed by atoms with Crippen LogP contribution in [0.5, 0.6) is 0 Å². The molecule has 1 heterocycles. The van der Waals surface area contributed by atoms with Crippen LogP contribution in [0.3, 0.4) is 0 Å². The highest BCUT2D eigenvalue weighted by molar-refractivity contribution is 6.01. The lowest BCUT2D eigenvalue weighted by molar-refractivity contribution is -0.199. The van der Waals surface area contributed by atoms with Crippen LogP contribution in [0.25, 0.3) is 0 Å². The van der Waals surface area contributed by atoms with E-state index in [2.05, 4.69) is 10.6 Å². The molecule has 0 aliphatic carbocycles. The van der Waals surface area contributed by atoms with Crippen molar-refractivity contribution in [1.82, 2.24) is 15.7 Å². The third kappa shape index (κ3) is 20.4. The van der Waals surface area contributed by atoms with E-state index in [1.165, 1.54) is 0 Å². The van der Waals surface area contributed by atoms with E-state index < -0.39 is 39.4 Å². The molecule has 57 heavy (non-hydrogen) atoms. The number of carbonyl (C=O) groups is 6. The normalized spacial score (nSPS) is 14.9. The van der Waals surface area contributed by atoms with E-state index in [-0.39, 0.29) is 81.7 Å². The Morgan fingerprint density at radius 2 is 1.19 bits per heavy atom. The maximum Gasteiger partial charge on any atom is 0.333 e. The first-order valence-corrected chi connectivity index (χ1v) is 20.1. The fraction of sp³-hybridized carbons (Fsp3) is 0.721. The van der Waals surface area contributed by atoms with Gasteiger partial charge in [0.05, 0.1) is 57.9 Å². The van der Waals surface area contributed by atoms with E-state index in [0.29, 0.717) is 50.8 Å². The summed E-state index contributed by atoms with van der Waals surface area (Å²) < 4.78 is 23.6. The van der Waals surface area contributed by atoms with Crippen molar-refractivity contribution < 1.29 is 52.6 Å². The lowest BCUT2D eigenvalue weighted by atomic mass is 9.90. The predicted octanol–water partition coefficient (Wildman–Crippen LogP) is 5.84. The zero-order valence-electron chi connectivity index (χ0n) is 36.1. The Hall–Kier alpha value is -3.88. The molecule has 1 saturated heterocycles. The van der Waals surface area contributed by atoms with Crippen LogP contribution in [0, 0.1) is 21.7 Å². The lowest BCUT2D eigenvalue weighted by Gasteiger charge is -2.29. The third-order valence-electron chi connectivity index (χ3n) is 9.35. The SMILES string of the molecule is CCC(CNC(=O)CC(C)(C)COC(CC)CC(=O)NCC(C)(C)COCC(C)(C)CC(=O)ON1C(=O)CCC1=O)OCC(C)(C)CC(=O)OCc1ccccc1. The van der Waals surface area contributed by atoms with E-state index in [1.807, 2.05) is 99.6 Å². The molecule has 1 aromatic rings. The molecular formula is C43H69N3O11. The fourth-order valence-electron chi connectivity index (χ4n) is 5.84. The topological polar surface area (TPSA) is 176 Å². The number of esters is 1. The summed E-state index contributed by atoms with van der Waals surface area (Å²) >= 11 is 0. The summed E-state index contributed by atoms with van der Waals surface area (Å²) in [6, 6.07) is 9.54. The highest BCUT2D eigenvalue weighted by Crippen LogP contribution is 2.26. The minimum Gasteiger partial charge on any atom is -0.461 e. The van der Waals surface area contributed by atoms with Gasteiger partial charge in [-0.25, -0.2) is 4.79 Å². The zero-order chi connectivity index (χ0) is 42.9. The van der Waals surface area contributed by atoms with Gasteiger partial charge in [-0.05, 0) is 34.7 Å². The molecule has 2 unspecified atom stereocenters. The van der Waals surface area contributed by atoms with Crippen molar-refractivity contribution in [1.29, 1.82) is 0 Å². The smallest absolute Gasteiger partial charge is 0.333 e. The number of benzene rings is 1. The second kappa shape index (κ2) is 22.9. The van der Waals surface area contributed by atoms with Gasteiger partial charge in [-0.15, -0.1) is 5.06 Å². The quantitative estimate of drug-likeness (QED) is 0.0808. The molecule has 1 aliphatic heterocycles. The maximum absolute atomic E-state index is 12.9. The number of amides is 4. The van der Waals surface area contributed by atoms with Crippen molar-refractivity contribution in [2.45, 2.75) is 139 Å². The first-order chi connectivity index (χ1) is 26.5. The van der Waals surface area contributed by atoms with Gasteiger partial charge in [0.15, 0.2) is 0 Å². The summed E-state index contributed by atoms with van der Waals surface area (Å²) in [6.45, 7) is 21.4. The molecule has 4 amide bonds. The van der Waals surface area contributed by atoms with Crippen LogP contribution in [0.4, 0.5) is 0 Å². The van der Waals surface area contributed by atoms with Crippen LogP contribution in [0.1, 0.15) is 126 Å². The maximum atomic E-state index is 12.9. The molecule has 2 rings (SSSR count). The fourth-order valence-corrected chi connectivity index (χ4v) is 5.84. The zero-order valence-corrected chi connectivity index (χ0v) is 36.1. The molecule has 2 N–H and O–H groups in total. The molecule has 2 atom stereocenters. The molecule has 0 saturated carbocycles. The third-order valence-corrected chi connectivity index (χ3v) is 9.35.